The van der Waals surface area contributed by atoms with E-state index in [2.05, 4.69) is 45.7 Å². The van der Waals surface area contributed by atoms with E-state index in [-0.39, 0.29) is 5.56 Å². The Morgan fingerprint density at radius 1 is 0.465 bits per heavy atom. The zero-order valence-corrected chi connectivity index (χ0v) is 56.1. The molecule has 6 heterocycles. The number of hydrogen-bond acceptors (Lipinski definition) is 31. The van der Waals surface area contributed by atoms with E-state index in [0.29, 0.717) is 18.8 Å². The van der Waals surface area contributed by atoms with Gasteiger partial charge in [0, 0.05) is 40.4 Å². The highest BCUT2D eigenvalue weighted by molar-refractivity contribution is 5.94. The van der Waals surface area contributed by atoms with Crippen LogP contribution in [0.15, 0.2) is 36.4 Å². The highest BCUT2D eigenvalue weighted by Gasteiger charge is 2.58. The number of carbonyl (C=O) groups excluding carboxylic acids is 5. The minimum atomic E-state index is -2.04. The summed E-state index contributed by atoms with van der Waals surface area (Å²) in [6, 6.07) is -2.36. The number of benzene rings is 1. The van der Waals surface area contributed by atoms with Crippen LogP contribution in [0.25, 0.3) is 0 Å². The van der Waals surface area contributed by atoms with Crippen LogP contribution in [0.2, 0.25) is 0 Å². The number of aliphatic hydroxyl groups excluding tert-OH is 13. The van der Waals surface area contributed by atoms with Crippen LogP contribution in [0.4, 0.5) is 0 Å². The van der Waals surface area contributed by atoms with Gasteiger partial charge in [-0.25, -0.2) is 0 Å². The van der Waals surface area contributed by atoms with Gasteiger partial charge in [0.05, 0.1) is 45.7 Å². The summed E-state index contributed by atoms with van der Waals surface area (Å²) in [4.78, 5) is 65.2. The number of methoxy groups -OCH3 is 1. The second kappa shape index (κ2) is 38.6. The van der Waals surface area contributed by atoms with E-state index >= 15 is 0 Å². The first-order chi connectivity index (χ1) is 47.2. The van der Waals surface area contributed by atoms with Gasteiger partial charge in [-0.15, -0.1) is 0 Å². The van der Waals surface area contributed by atoms with Gasteiger partial charge in [-0.05, 0) is 50.8 Å². The zero-order valence-electron chi connectivity index (χ0n) is 56.1. The molecule has 1 aromatic carbocycles. The average molecular weight is 1420 g/mol. The van der Waals surface area contributed by atoms with E-state index in [1.165, 1.54) is 39.0 Å². The third-order valence-electron chi connectivity index (χ3n) is 17.7. The van der Waals surface area contributed by atoms with Crippen molar-refractivity contribution in [3.8, 4) is 5.75 Å². The van der Waals surface area contributed by atoms with Gasteiger partial charge in [-0.3, -0.25) is 24.0 Å². The lowest BCUT2D eigenvalue weighted by Crippen LogP contribution is -2.72. The molecule has 6 fully saturated rings. The highest BCUT2D eigenvalue weighted by Crippen LogP contribution is 2.37. The molecule has 7 rings (SSSR count). The number of ether oxygens (including phenoxy) is 13. The number of allylic oxidation sites excluding steroid dienone is 2. The van der Waals surface area contributed by atoms with Gasteiger partial charge in [-0.1, -0.05) is 44.4 Å². The normalized spacial score (nSPS) is 39.6. The Balaban J connectivity index is 1.08. The minimum Gasteiger partial charge on any atom is -0.494 e. The molecule has 0 saturated carbocycles. The fourth-order valence-corrected chi connectivity index (χ4v) is 12.6. The molecule has 0 radical (unpaired) electrons. The molecule has 99 heavy (non-hydrogen) atoms. The van der Waals surface area contributed by atoms with Crippen molar-refractivity contribution in [2.45, 2.75) is 270 Å². The molecule has 6 aliphatic rings. The van der Waals surface area contributed by atoms with Gasteiger partial charge in [0.15, 0.2) is 37.7 Å². The fraction of sp³-hybridized carbons (Fsp3) is 0.794. The summed E-state index contributed by atoms with van der Waals surface area (Å²) in [5.41, 5.74) is 0.0509. The molecule has 1 aromatic rings. The third-order valence-corrected chi connectivity index (χ3v) is 17.7. The first kappa shape index (κ1) is 81.4. The quantitative estimate of drug-likeness (QED) is 0.0235. The standard InChI is InChI=1S/C63H101N5O31/c1-8-9-10-11-12-13-14-15-16-20-88-33-19-17-18-32(21-33)57(85)68-40-46(78)45(77)34(22-69)92-59(40)96-53-35(23-70)93-60(41(48(53)80)65-29(4)73)97-54-36(24-71)94-61(42(49(54)81)66-30(5)74)98-55-37(25-87-7)95-62(43(50(55)82)67-31(6)75)99-56-38(91-58(86)39(47(56)79)64-28(3)72)26-89-63-52(84)51(83)44(76)27(2)90-63/h13-14,17-19,21,27,34-56,58-63,69-71,76-84,86H,8-12,15-16,20,22-26H2,1-7H3,(H,64,72)(H,65,73)(H,66,74)(H,67,75)(H,68,85)/b14-13-. The van der Waals surface area contributed by atoms with Crippen LogP contribution in [-0.2, 0) is 76.0 Å². The Bertz CT molecular complexity index is 2730. The average Bonchev–Trinajstić information content (AvgIpc) is 0.768. The lowest BCUT2D eigenvalue weighted by Gasteiger charge is -2.51. The van der Waals surface area contributed by atoms with Gasteiger partial charge >= 0.3 is 0 Å². The predicted molar refractivity (Wildman–Crippen MR) is 333 cm³/mol. The van der Waals surface area contributed by atoms with Crippen LogP contribution in [0, 0.1) is 0 Å². The molecule has 5 amide bonds. The van der Waals surface area contributed by atoms with E-state index < -0.39 is 246 Å². The number of aliphatic hydroxyl groups is 13. The van der Waals surface area contributed by atoms with Crippen molar-refractivity contribution < 1.29 is 152 Å². The maximum absolute atomic E-state index is 14.0. The number of amides is 5. The monoisotopic (exact) mass is 1420 g/mol. The number of hydrogen-bond donors (Lipinski definition) is 18. The van der Waals surface area contributed by atoms with E-state index in [4.69, 9.17) is 61.6 Å². The van der Waals surface area contributed by atoms with Gasteiger partial charge < -0.3 is 155 Å². The van der Waals surface area contributed by atoms with E-state index in [9.17, 15) is 90.4 Å². The second-order valence-electron chi connectivity index (χ2n) is 25.3. The van der Waals surface area contributed by atoms with Crippen LogP contribution in [0.3, 0.4) is 0 Å². The molecule has 0 bridgehead atoms. The van der Waals surface area contributed by atoms with Gasteiger partial charge in [0.25, 0.3) is 5.91 Å². The molecular formula is C63H101N5O31. The van der Waals surface area contributed by atoms with Crippen LogP contribution in [-0.4, -0.2) is 327 Å². The molecule has 564 valence electrons. The first-order valence-corrected chi connectivity index (χ1v) is 33.2. The molecule has 30 atom stereocenters. The molecule has 6 aliphatic heterocycles. The largest absolute Gasteiger partial charge is 0.494 e. The number of carbonyl (C=O) groups is 5. The fourth-order valence-electron chi connectivity index (χ4n) is 12.6. The summed E-state index contributed by atoms with van der Waals surface area (Å²) >= 11 is 0. The molecule has 30 unspecified atom stereocenters. The zero-order chi connectivity index (χ0) is 72.5. The van der Waals surface area contributed by atoms with Gasteiger partial charge in [0.1, 0.15) is 146 Å². The molecule has 36 heteroatoms. The van der Waals surface area contributed by atoms with Crippen LogP contribution in [0.5, 0.6) is 5.75 Å². The maximum atomic E-state index is 14.0. The molecule has 18 N–H and O–H groups in total. The summed E-state index contributed by atoms with van der Waals surface area (Å²) in [5, 5.41) is 158. The Hall–Kier alpha value is -4.89. The van der Waals surface area contributed by atoms with E-state index in [0.717, 1.165) is 53.4 Å². The molecule has 6 saturated heterocycles. The van der Waals surface area contributed by atoms with Gasteiger partial charge in [0.2, 0.25) is 23.6 Å². The Morgan fingerprint density at radius 3 is 1.39 bits per heavy atom. The number of rotatable bonds is 32. The van der Waals surface area contributed by atoms with Crippen molar-refractivity contribution in [2.24, 2.45) is 0 Å². The summed E-state index contributed by atoms with van der Waals surface area (Å²) in [7, 11) is 1.23. The summed E-state index contributed by atoms with van der Waals surface area (Å²) in [5.74, 6) is -3.62. The first-order valence-electron chi connectivity index (χ1n) is 33.2. The molecule has 0 aliphatic carbocycles. The van der Waals surface area contributed by atoms with Crippen molar-refractivity contribution >= 4 is 29.5 Å². The molecule has 36 nitrogen and oxygen atoms in total. The topological polar surface area (TPSA) is 528 Å². The predicted octanol–water partition coefficient (Wildman–Crippen LogP) is -6.72. The maximum Gasteiger partial charge on any atom is 0.251 e. The third kappa shape index (κ3) is 21.2. The lowest BCUT2D eigenvalue weighted by atomic mass is 9.93. The van der Waals surface area contributed by atoms with Crippen LogP contribution in [0.1, 0.15) is 96.8 Å². The van der Waals surface area contributed by atoms with Crippen molar-refractivity contribution in [3.63, 3.8) is 0 Å². The Morgan fingerprint density at radius 2 is 0.909 bits per heavy atom. The van der Waals surface area contributed by atoms with E-state index in [1.807, 2.05) is 0 Å². The molecule has 0 aromatic heterocycles. The van der Waals surface area contributed by atoms with Crippen LogP contribution < -0.4 is 31.3 Å². The summed E-state index contributed by atoms with van der Waals surface area (Å²) in [6.07, 6.45) is -32.6. The van der Waals surface area contributed by atoms with E-state index in [1.54, 1.807) is 12.1 Å². The minimum absolute atomic E-state index is 0.0509. The molecular weight excluding hydrogens is 1320 g/mol. The lowest BCUT2D eigenvalue weighted by molar-refractivity contribution is -0.368. The van der Waals surface area contributed by atoms with Gasteiger partial charge in [-0.2, -0.15) is 0 Å². The number of nitrogens with one attached hydrogen (secondary N) is 5. The SMILES string of the molecule is CCCCCC/C=C\CCCOc1cccc(C(=O)NC2C(OC3C(CO)OC(OC4C(CO)OC(OC5C(COC)OC(OC6C(COC7OC(C)C(O)C(O)C7O)OC(O)C(NC(C)=O)C6O)C(NC(C)=O)C5O)C(NC(C)=O)C4O)C(NC(C)=O)C3O)OC(CO)C(O)C2O)c1. The summed E-state index contributed by atoms with van der Waals surface area (Å²) < 4.78 is 78.1. The van der Waals surface area contributed by atoms with Crippen molar-refractivity contribution in [3.05, 3.63) is 42.0 Å². The Labute approximate surface area is 571 Å². The Kier molecular flexibility index (Phi) is 31.7. The molecule has 0 spiro atoms. The number of unbranched alkanes of at least 4 members (excludes halogenated alkanes) is 5. The van der Waals surface area contributed by atoms with Crippen molar-refractivity contribution in [2.75, 3.05) is 46.8 Å². The van der Waals surface area contributed by atoms with Crippen molar-refractivity contribution in [1.29, 1.82) is 0 Å². The van der Waals surface area contributed by atoms with Crippen LogP contribution >= 0.6 is 0 Å². The van der Waals surface area contributed by atoms with Crippen molar-refractivity contribution in [1.82, 2.24) is 26.6 Å². The highest BCUT2D eigenvalue weighted by atomic mass is 16.8. The smallest absolute Gasteiger partial charge is 0.251 e. The second-order valence-corrected chi connectivity index (χ2v) is 25.3. The summed E-state index contributed by atoms with van der Waals surface area (Å²) in [6.45, 7) is 4.03.